The number of hydrogen-bond acceptors (Lipinski definition) is 2. The number of thiocarbonyl (C=S) groups is 1. The van der Waals surface area contributed by atoms with Crippen molar-refractivity contribution in [3.63, 3.8) is 0 Å². The van der Waals surface area contributed by atoms with Gasteiger partial charge in [-0.15, -0.1) is 0 Å². The van der Waals surface area contributed by atoms with Crippen LogP contribution in [0.15, 0.2) is 24.3 Å². The molecular weight excluding hydrogens is 236 g/mol. The van der Waals surface area contributed by atoms with E-state index < -0.39 is 5.97 Å². The zero-order valence-electron chi connectivity index (χ0n) is 9.69. The molecule has 0 aliphatic carbocycles. The molecule has 3 N–H and O–H groups in total. The maximum absolute atomic E-state index is 10.7. The highest BCUT2D eigenvalue weighted by molar-refractivity contribution is 7.80. The number of benzene rings is 1. The van der Waals surface area contributed by atoms with Gasteiger partial charge in [-0.25, -0.2) is 4.79 Å². The summed E-state index contributed by atoms with van der Waals surface area (Å²) in [4.78, 5) is 10.7. The quantitative estimate of drug-likeness (QED) is 0.555. The predicted octanol–water partition coefficient (Wildman–Crippen LogP) is 2.47. The lowest BCUT2D eigenvalue weighted by atomic mass is 10.2. The fourth-order valence-electron chi connectivity index (χ4n) is 1.25. The number of rotatable bonds is 5. The SMILES string of the molecule is CCCCNC(=S)Nc1ccc(C(=O)O)cc1. The number of aromatic carboxylic acids is 1. The maximum Gasteiger partial charge on any atom is 0.335 e. The van der Waals surface area contributed by atoms with Gasteiger partial charge >= 0.3 is 5.97 Å². The van der Waals surface area contributed by atoms with Crippen molar-refractivity contribution in [3.8, 4) is 0 Å². The van der Waals surface area contributed by atoms with Crippen LogP contribution in [0.5, 0.6) is 0 Å². The molecule has 0 saturated heterocycles. The van der Waals surface area contributed by atoms with Crippen LogP contribution in [0.3, 0.4) is 0 Å². The molecule has 0 bridgehead atoms. The first-order valence-corrected chi connectivity index (χ1v) is 5.92. The average molecular weight is 252 g/mol. The van der Waals surface area contributed by atoms with Gasteiger partial charge in [0.05, 0.1) is 5.56 Å². The van der Waals surface area contributed by atoms with E-state index in [0.717, 1.165) is 25.1 Å². The molecule has 0 radical (unpaired) electrons. The fraction of sp³-hybridized carbons (Fsp3) is 0.333. The summed E-state index contributed by atoms with van der Waals surface area (Å²) in [6, 6.07) is 6.47. The number of hydrogen-bond donors (Lipinski definition) is 3. The van der Waals surface area contributed by atoms with Crippen LogP contribution in [0.2, 0.25) is 0 Å². The smallest absolute Gasteiger partial charge is 0.335 e. The third-order valence-corrected chi connectivity index (χ3v) is 2.45. The zero-order chi connectivity index (χ0) is 12.7. The highest BCUT2D eigenvalue weighted by atomic mass is 32.1. The van der Waals surface area contributed by atoms with Gasteiger partial charge in [0.2, 0.25) is 0 Å². The summed E-state index contributed by atoms with van der Waals surface area (Å²) < 4.78 is 0. The molecule has 0 amide bonds. The lowest BCUT2D eigenvalue weighted by Gasteiger charge is -2.09. The molecule has 5 heteroatoms. The van der Waals surface area contributed by atoms with Crippen LogP contribution >= 0.6 is 12.2 Å². The second kappa shape index (κ2) is 6.85. The van der Waals surface area contributed by atoms with Crippen molar-refractivity contribution >= 4 is 29.0 Å². The molecule has 1 aromatic rings. The highest BCUT2D eigenvalue weighted by Gasteiger charge is 2.02. The van der Waals surface area contributed by atoms with Crippen LogP contribution in [-0.2, 0) is 0 Å². The van der Waals surface area contributed by atoms with E-state index in [9.17, 15) is 4.79 Å². The van der Waals surface area contributed by atoms with Gasteiger partial charge in [0.25, 0.3) is 0 Å². The Morgan fingerprint density at radius 3 is 2.53 bits per heavy atom. The van der Waals surface area contributed by atoms with Crippen LogP contribution in [0, 0.1) is 0 Å². The summed E-state index contributed by atoms with van der Waals surface area (Å²) in [6.45, 7) is 2.96. The van der Waals surface area contributed by atoms with E-state index >= 15 is 0 Å². The van der Waals surface area contributed by atoms with Gasteiger partial charge in [0, 0.05) is 12.2 Å². The topological polar surface area (TPSA) is 61.4 Å². The maximum atomic E-state index is 10.7. The minimum atomic E-state index is -0.930. The van der Waals surface area contributed by atoms with E-state index in [0.29, 0.717) is 5.11 Å². The molecule has 0 spiro atoms. The molecule has 0 atom stereocenters. The van der Waals surface area contributed by atoms with Crippen LogP contribution < -0.4 is 10.6 Å². The Morgan fingerprint density at radius 2 is 2.00 bits per heavy atom. The number of anilines is 1. The van der Waals surface area contributed by atoms with Crippen molar-refractivity contribution in [2.75, 3.05) is 11.9 Å². The van der Waals surface area contributed by atoms with Crippen LogP contribution in [-0.4, -0.2) is 22.7 Å². The third-order valence-electron chi connectivity index (χ3n) is 2.21. The van der Waals surface area contributed by atoms with Crippen molar-refractivity contribution in [3.05, 3.63) is 29.8 Å². The zero-order valence-corrected chi connectivity index (χ0v) is 10.5. The normalized spacial score (nSPS) is 9.71. The molecule has 0 heterocycles. The van der Waals surface area contributed by atoms with Gasteiger partial charge in [-0.05, 0) is 42.9 Å². The Labute approximate surface area is 106 Å². The van der Waals surface area contributed by atoms with Crippen LogP contribution in [0.25, 0.3) is 0 Å². The summed E-state index contributed by atoms with van der Waals surface area (Å²) >= 11 is 5.10. The summed E-state index contributed by atoms with van der Waals surface area (Å²) in [5.41, 5.74) is 1.05. The molecule has 0 saturated carbocycles. The summed E-state index contributed by atoms with van der Waals surface area (Å²) in [6.07, 6.45) is 2.18. The monoisotopic (exact) mass is 252 g/mol. The fourth-order valence-corrected chi connectivity index (χ4v) is 1.47. The van der Waals surface area contributed by atoms with Gasteiger partial charge in [-0.2, -0.15) is 0 Å². The Kier molecular flexibility index (Phi) is 5.42. The molecule has 0 aromatic heterocycles. The minimum absolute atomic E-state index is 0.264. The lowest BCUT2D eigenvalue weighted by Crippen LogP contribution is -2.29. The van der Waals surface area contributed by atoms with E-state index in [1.165, 1.54) is 0 Å². The molecule has 0 fully saturated rings. The Hall–Kier alpha value is -1.62. The second-order valence-corrected chi connectivity index (χ2v) is 4.03. The first kappa shape index (κ1) is 13.4. The standard InChI is InChI=1S/C12H16N2O2S/c1-2-3-8-13-12(17)14-10-6-4-9(5-7-10)11(15)16/h4-7H,2-3,8H2,1H3,(H,15,16)(H2,13,14,17). The van der Waals surface area contributed by atoms with Gasteiger partial charge in [-0.1, -0.05) is 13.3 Å². The van der Waals surface area contributed by atoms with Gasteiger partial charge in [-0.3, -0.25) is 0 Å². The molecule has 4 nitrogen and oxygen atoms in total. The summed E-state index contributed by atoms with van der Waals surface area (Å²) in [7, 11) is 0. The Balaban J connectivity index is 2.46. The second-order valence-electron chi connectivity index (χ2n) is 3.62. The van der Waals surface area contributed by atoms with Crippen LogP contribution in [0.1, 0.15) is 30.1 Å². The van der Waals surface area contributed by atoms with E-state index in [1.807, 2.05) is 0 Å². The summed E-state index contributed by atoms with van der Waals surface area (Å²) in [5.74, 6) is -0.930. The van der Waals surface area contributed by atoms with E-state index in [2.05, 4.69) is 17.6 Å². The molecule has 92 valence electrons. The number of unbranched alkanes of at least 4 members (excludes halogenated alkanes) is 1. The number of carboxylic acid groups (broad SMARTS) is 1. The minimum Gasteiger partial charge on any atom is -0.478 e. The third kappa shape index (κ3) is 4.82. The van der Waals surface area contributed by atoms with Crippen molar-refractivity contribution in [1.82, 2.24) is 5.32 Å². The first-order valence-electron chi connectivity index (χ1n) is 5.51. The lowest BCUT2D eigenvalue weighted by molar-refractivity contribution is 0.0697. The number of carboxylic acids is 1. The van der Waals surface area contributed by atoms with Gasteiger partial charge in [0.15, 0.2) is 5.11 Å². The van der Waals surface area contributed by atoms with Gasteiger partial charge < -0.3 is 15.7 Å². The van der Waals surface area contributed by atoms with Crippen molar-refractivity contribution in [2.24, 2.45) is 0 Å². The van der Waals surface area contributed by atoms with Gasteiger partial charge in [0.1, 0.15) is 0 Å². The van der Waals surface area contributed by atoms with E-state index in [1.54, 1.807) is 24.3 Å². The first-order chi connectivity index (χ1) is 8.13. The number of carbonyl (C=O) groups is 1. The molecular formula is C12H16N2O2S. The molecule has 1 rings (SSSR count). The highest BCUT2D eigenvalue weighted by Crippen LogP contribution is 2.09. The molecule has 17 heavy (non-hydrogen) atoms. The average Bonchev–Trinajstić information content (AvgIpc) is 2.30. The number of nitrogens with one attached hydrogen (secondary N) is 2. The summed E-state index contributed by atoms with van der Waals surface area (Å²) in [5, 5.41) is 15.4. The van der Waals surface area contributed by atoms with E-state index in [-0.39, 0.29) is 5.56 Å². The van der Waals surface area contributed by atoms with Crippen molar-refractivity contribution in [2.45, 2.75) is 19.8 Å². The largest absolute Gasteiger partial charge is 0.478 e. The molecule has 1 aromatic carbocycles. The molecule has 0 unspecified atom stereocenters. The van der Waals surface area contributed by atoms with Crippen LogP contribution in [0.4, 0.5) is 5.69 Å². The predicted molar refractivity (Wildman–Crippen MR) is 72.5 cm³/mol. The molecule has 0 aliphatic rings. The van der Waals surface area contributed by atoms with Crippen molar-refractivity contribution in [1.29, 1.82) is 0 Å². The Bertz CT molecular complexity index is 390. The Morgan fingerprint density at radius 1 is 1.35 bits per heavy atom. The van der Waals surface area contributed by atoms with E-state index in [4.69, 9.17) is 17.3 Å². The van der Waals surface area contributed by atoms with Crippen molar-refractivity contribution < 1.29 is 9.90 Å². The molecule has 0 aliphatic heterocycles.